The van der Waals surface area contributed by atoms with Crippen molar-refractivity contribution in [3.8, 4) is 0 Å². The van der Waals surface area contributed by atoms with Gasteiger partial charge in [0.2, 0.25) is 0 Å². The number of rotatable bonds is 5. The molecule has 0 radical (unpaired) electrons. The molecule has 0 saturated carbocycles. The first-order valence-electron chi connectivity index (χ1n) is 8.66. The van der Waals surface area contributed by atoms with Crippen LogP contribution in [0, 0.1) is 0 Å². The number of nitrogens with one attached hydrogen (secondary N) is 2. The van der Waals surface area contributed by atoms with Gasteiger partial charge in [-0.15, -0.1) is 24.0 Å². The van der Waals surface area contributed by atoms with Gasteiger partial charge < -0.3 is 15.2 Å². The number of guanidine groups is 1. The number of hydrogen-bond donors (Lipinski definition) is 2. The predicted octanol–water partition coefficient (Wildman–Crippen LogP) is 3.77. The molecular formula is C19H27IN4O. The van der Waals surface area contributed by atoms with Crippen molar-refractivity contribution in [1.29, 1.82) is 0 Å². The van der Waals surface area contributed by atoms with Crippen LogP contribution in [0.5, 0.6) is 0 Å². The van der Waals surface area contributed by atoms with E-state index in [-0.39, 0.29) is 24.0 Å². The highest BCUT2D eigenvalue weighted by Crippen LogP contribution is 2.22. The third kappa shape index (κ3) is 5.20. The Hall–Kier alpha value is -1.57. The summed E-state index contributed by atoms with van der Waals surface area (Å²) in [5, 5.41) is 10.7. The fourth-order valence-corrected chi connectivity index (χ4v) is 3.00. The summed E-state index contributed by atoms with van der Waals surface area (Å²) in [5.74, 6) is 1.96. The van der Waals surface area contributed by atoms with Crippen molar-refractivity contribution in [2.75, 3.05) is 7.05 Å². The summed E-state index contributed by atoms with van der Waals surface area (Å²) in [5.41, 5.74) is 5.28. The van der Waals surface area contributed by atoms with Crippen molar-refractivity contribution in [3.63, 3.8) is 0 Å². The lowest BCUT2D eigenvalue weighted by atomic mass is 10.1. The number of nitrogens with zero attached hydrogens (tertiary/aromatic N) is 2. The van der Waals surface area contributed by atoms with Crippen LogP contribution in [0.1, 0.15) is 54.3 Å². The lowest BCUT2D eigenvalue weighted by Gasteiger charge is -2.11. The number of hydrogen-bond acceptors (Lipinski definition) is 3. The molecule has 0 saturated heterocycles. The zero-order valence-corrected chi connectivity index (χ0v) is 17.5. The van der Waals surface area contributed by atoms with Crippen LogP contribution < -0.4 is 10.6 Å². The average molecular weight is 454 g/mol. The molecule has 1 aliphatic carbocycles. The Morgan fingerprint density at radius 1 is 1.16 bits per heavy atom. The molecule has 0 spiro atoms. The fourth-order valence-electron chi connectivity index (χ4n) is 3.00. The second kappa shape index (κ2) is 9.22. The molecule has 0 unspecified atom stereocenters. The molecule has 2 N–H and O–H groups in total. The second-order valence-electron chi connectivity index (χ2n) is 6.61. The van der Waals surface area contributed by atoms with Crippen LogP contribution in [-0.4, -0.2) is 18.2 Å². The molecule has 25 heavy (non-hydrogen) atoms. The molecule has 136 valence electrons. The van der Waals surface area contributed by atoms with E-state index < -0.39 is 0 Å². The molecule has 0 amide bonds. The van der Waals surface area contributed by atoms with Crippen LogP contribution in [0.15, 0.2) is 33.8 Å². The Balaban J connectivity index is 0.00000225. The van der Waals surface area contributed by atoms with Crippen molar-refractivity contribution in [2.24, 2.45) is 4.99 Å². The molecule has 5 nitrogen and oxygen atoms in total. The van der Waals surface area contributed by atoms with Gasteiger partial charge in [-0.25, -0.2) is 0 Å². The summed E-state index contributed by atoms with van der Waals surface area (Å²) < 4.78 is 5.34. The van der Waals surface area contributed by atoms with Gasteiger partial charge in [0.15, 0.2) is 11.7 Å². The molecular weight excluding hydrogens is 427 g/mol. The Bertz CT molecular complexity index is 724. The molecule has 6 heteroatoms. The van der Waals surface area contributed by atoms with Crippen LogP contribution in [0.25, 0.3) is 0 Å². The van der Waals surface area contributed by atoms with E-state index in [1.807, 2.05) is 6.07 Å². The Morgan fingerprint density at radius 2 is 1.92 bits per heavy atom. The van der Waals surface area contributed by atoms with Crippen molar-refractivity contribution in [3.05, 3.63) is 52.4 Å². The summed E-state index contributed by atoms with van der Waals surface area (Å²) in [4.78, 5) is 4.26. The molecule has 1 aliphatic rings. The molecule has 1 aromatic heterocycles. The van der Waals surface area contributed by atoms with E-state index in [0.717, 1.165) is 24.0 Å². The highest BCUT2D eigenvalue weighted by atomic mass is 127. The average Bonchev–Trinajstić information content (AvgIpc) is 3.23. The maximum atomic E-state index is 5.34. The minimum Gasteiger partial charge on any atom is -0.359 e. The predicted molar refractivity (Wildman–Crippen MR) is 112 cm³/mol. The Morgan fingerprint density at radius 3 is 2.64 bits per heavy atom. The lowest BCUT2D eigenvalue weighted by molar-refractivity contribution is 0.372. The molecule has 0 atom stereocenters. The topological polar surface area (TPSA) is 62.5 Å². The number of benzene rings is 1. The van der Waals surface area contributed by atoms with E-state index in [0.29, 0.717) is 12.5 Å². The largest absolute Gasteiger partial charge is 0.359 e. The Kier molecular flexibility index (Phi) is 7.28. The van der Waals surface area contributed by atoms with Gasteiger partial charge in [-0.3, -0.25) is 4.99 Å². The number of aromatic nitrogens is 1. The zero-order chi connectivity index (χ0) is 16.9. The molecule has 0 fully saturated rings. The number of halogens is 1. The van der Waals surface area contributed by atoms with E-state index in [9.17, 15) is 0 Å². The third-order valence-corrected chi connectivity index (χ3v) is 4.45. The summed E-state index contributed by atoms with van der Waals surface area (Å²) in [6.07, 6.45) is 3.71. The first-order valence-corrected chi connectivity index (χ1v) is 8.66. The Labute approximate surface area is 166 Å². The number of fused-ring (bicyclic) bond motifs is 1. The SMILES string of the molecule is CN=C(NCc1ccc2c(c1)CCC2)NCc1cc(C(C)C)no1.I. The van der Waals surface area contributed by atoms with E-state index in [1.165, 1.54) is 36.0 Å². The molecule has 0 bridgehead atoms. The quantitative estimate of drug-likeness (QED) is 0.410. The molecule has 3 rings (SSSR count). The molecule has 1 heterocycles. The summed E-state index contributed by atoms with van der Waals surface area (Å²) in [6.45, 7) is 5.54. The highest BCUT2D eigenvalue weighted by molar-refractivity contribution is 14.0. The minimum atomic E-state index is 0. The van der Waals surface area contributed by atoms with Gasteiger partial charge in [0.1, 0.15) is 0 Å². The van der Waals surface area contributed by atoms with Crippen LogP contribution in [0.3, 0.4) is 0 Å². The molecule has 2 aromatic rings. The van der Waals surface area contributed by atoms with Gasteiger partial charge in [-0.1, -0.05) is 37.2 Å². The second-order valence-corrected chi connectivity index (χ2v) is 6.61. The first kappa shape index (κ1) is 19.8. The van der Waals surface area contributed by atoms with Gasteiger partial charge in [0, 0.05) is 19.7 Å². The molecule has 1 aromatic carbocycles. The smallest absolute Gasteiger partial charge is 0.191 e. The zero-order valence-electron chi connectivity index (χ0n) is 15.1. The fraction of sp³-hybridized carbons (Fsp3) is 0.474. The molecule has 0 aliphatic heterocycles. The van der Waals surface area contributed by atoms with Gasteiger partial charge in [-0.2, -0.15) is 0 Å². The van der Waals surface area contributed by atoms with Crippen LogP contribution in [0.4, 0.5) is 0 Å². The summed E-state index contributed by atoms with van der Waals surface area (Å²) in [7, 11) is 1.78. The van der Waals surface area contributed by atoms with Gasteiger partial charge in [-0.05, 0) is 41.9 Å². The van der Waals surface area contributed by atoms with Gasteiger partial charge in [0.05, 0.1) is 12.2 Å². The highest BCUT2D eigenvalue weighted by Gasteiger charge is 2.11. The summed E-state index contributed by atoms with van der Waals surface area (Å²) in [6, 6.07) is 8.77. The van der Waals surface area contributed by atoms with Crippen LogP contribution in [0.2, 0.25) is 0 Å². The van der Waals surface area contributed by atoms with Gasteiger partial charge >= 0.3 is 0 Å². The third-order valence-electron chi connectivity index (χ3n) is 4.45. The van der Waals surface area contributed by atoms with Crippen LogP contribution in [-0.2, 0) is 25.9 Å². The van der Waals surface area contributed by atoms with Crippen LogP contribution >= 0.6 is 24.0 Å². The van der Waals surface area contributed by atoms with Gasteiger partial charge in [0.25, 0.3) is 0 Å². The van der Waals surface area contributed by atoms with E-state index in [2.05, 4.69) is 52.8 Å². The van der Waals surface area contributed by atoms with Crippen molar-refractivity contribution >= 4 is 29.9 Å². The normalized spacial score (nSPS) is 13.5. The maximum absolute atomic E-state index is 5.34. The van der Waals surface area contributed by atoms with E-state index >= 15 is 0 Å². The van der Waals surface area contributed by atoms with E-state index in [1.54, 1.807) is 7.05 Å². The number of aryl methyl sites for hydroxylation is 2. The first-order chi connectivity index (χ1) is 11.7. The van der Waals surface area contributed by atoms with Crippen molar-refractivity contribution in [2.45, 2.75) is 52.1 Å². The standard InChI is InChI=1S/C19H26N4O.HI/c1-13(2)18-10-17(24-23-18)12-22-19(20-3)21-11-14-7-8-15-5-4-6-16(15)9-14;/h7-10,13H,4-6,11-12H2,1-3H3,(H2,20,21,22);1H. The maximum Gasteiger partial charge on any atom is 0.191 e. The van der Waals surface area contributed by atoms with Crippen molar-refractivity contribution in [1.82, 2.24) is 15.8 Å². The number of aliphatic imine (C=N–C) groups is 1. The van der Waals surface area contributed by atoms with E-state index in [4.69, 9.17) is 4.52 Å². The summed E-state index contributed by atoms with van der Waals surface area (Å²) >= 11 is 0. The monoisotopic (exact) mass is 454 g/mol. The van der Waals surface area contributed by atoms with Crippen molar-refractivity contribution < 1.29 is 4.52 Å². The lowest BCUT2D eigenvalue weighted by Crippen LogP contribution is -2.36. The minimum absolute atomic E-state index is 0.